The maximum Gasteiger partial charge on any atom is 0.164 e. The molecule has 0 aromatic rings. The van der Waals surface area contributed by atoms with Crippen LogP contribution in [0.4, 0.5) is 0 Å². The number of hydrogen-bond donors (Lipinski definition) is 4. The Bertz CT molecular complexity index is 1580. The average molecular weight is 1350 g/mol. The molecule has 4 saturated heterocycles. The number of aliphatic hydroxyl groups is 4. The number of hydrogen-bond acceptors (Lipinski definition) is 14. The maximum atomic E-state index is 11.9. The summed E-state index contributed by atoms with van der Waals surface area (Å²) in [6, 6.07) is -1.56. The smallest absolute Gasteiger partial charge is 0.164 e. The first-order valence-electron chi connectivity index (χ1n) is 23.1. The van der Waals surface area contributed by atoms with Crippen molar-refractivity contribution in [3.63, 3.8) is 0 Å². The van der Waals surface area contributed by atoms with Crippen molar-refractivity contribution in [2.75, 3.05) is 13.1 Å². The van der Waals surface area contributed by atoms with Crippen LogP contribution in [0.1, 0.15) is 107 Å². The van der Waals surface area contributed by atoms with Crippen LogP contribution in [0, 0.1) is 0 Å². The summed E-state index contributed by atoms with van der Waals surface area (Å²) in [4.78, 5) is 4.49. The van der Waals surface area contributed by atoms with Crippen molar-refractivity contribution >= 4 is 90.4 Å². The van der Waals surface area contributed by atoms with Gasteiger partial charge in [0.15, 0.2) is 23.1 Å². The van der Waals surface area contributed by atoms with Gasteiger partial charge in [-0.2, -0.15) is 0 Å². The number of fused-ring (bicyclic) bond motifs is 4. The summed E-state index contributed by atoms with van der Waals surface area (Å²) in [6.07, 6.45) is 9.78. The standard InChI is InChI=1S/C46H68I4N2O12/c1-43(2)57-35-23(47)19-27(31(53)39(35)61-43)51(28-20-24(48)36-40(32(28)54)62-44(3,4)58-36)17-15-13-11-9-10-12-14-16-18-52(29-21-25(49)37-41(33(29)55)63-45(5,6)59-37)30-22-26(50)38-42(34(30)56)64-46(7,8)60-38/h19-22,27-42,53-56H,9-18H2,1-8H3/t27-,28-,29-,30-,31+,32+,33+,34+,35+,36+,37+,38+,39-,40-,41-,42-/m0/s1. The Morgan fingerprint density at radius 1 is 0.375 bits per heavy atom. The second-order valence-electron chi connectivity index (χ2n) is 20.5. The van der Waals surface area contributed by atoms with E-state index in [9.17, 15) is 20.4 Å². The van der Waals surface area contributed by atoms with Crippen molar-refractivity contribution in [2.24, 2.45) is 0 Å². The van der Waals surface area contributed by atoms with E-state index in [1.54, 1.807) is 0 Å². The van der Waals surface area contributed by atoms with Crippen molar-refractivity contribution in [3.05, 3.63) is 38.6 Å². The van der Waals surface area contributed by atoms with Crippen LogP contribution >= 0.6 is 90.4 Å². The lowest BCUT2D eigenvalue weighted by atomic mass is 9.87. The third kappa shape index (κ3) is 10.9. The van der Waals surface area contributed by atoms with Crippen LogP contribution < -0.4 is 0 Å². The second-order valence-corrected chi connectivity index (χ2v) is 25.5. The largest absolute Gasteiger partial charge is 0.388 e. The Morgan fingerprint density at radius 3 is 0.797 bits per heavy atom. The Morgan fingerprint density at radius 2 is 0.578 bits per heavy atom. The van der Waals surface area contributed by atoms with E-state index in [0.717, 1.165) is 65.7 Å². The monoisotopic (exact) mass is 1350 g/mol. The topological polar surface area (TPSA) is 161 Å². The lowest BCUT2D eigenvalue weighted by molar-refractivity contribution is -0.162. The summed E-state index contributed by atoms with van der Waals surface area (Å²) in [5.41, 5.74) is 0. The summed E-state index contributed by atoms with van der Waals surface area (Å²) < 4.78 is 53.8. The molecule has 18 heteroatoms. The SMILES string of the molecule is CC1(C)O[C@H]2[C@H](O)[C@@H](N(CCCCCCCCCCN([C@H]3C=C(I)[C@H]4OC(C)(C)O[C@H]4[C@@H]3O)[C@H]3C=C(I)[C@H]4OC(C)(C)O[C@H]4[C@@H]3O)[C@H]3C=C(I)[C@H]4OC(C)(C)O[C@H]4[C@@H]3O)C=C(I)[C@H]2O1. The minimum absolute atomic E-state index is 0.330. The highest BCUT2D eigenvalue weighted by Gasteiger charge is 2.57. The van der Waals surface area contributed by atoms with Crippen molar-refractivity contribution < 1.29 is 58.3 Å². The third-order valence-electron chi connectivity index (χ3n) is 13.8. The first-order chi connectivity index (χ1) is 30.0. The summed E-state index contributed by atoms with van der Waals surface area (Å²) in [7, 11) is 0. The van der Waals surface area contributed by atoms with Gasteiger partial charge in [0.2, 0.25) is 0 Å². The number of rotatable bonds is 15. The van der Waals surface area contributed by atoms with Gasteiger partial charge >= 0.3 is 0 Å². The zero-order valence-corrected chi connectivity index (χ0v) is 46.7. The molecule has 0 amide bonds. The van der Waals surface area contributed by atoms with Gasteiger partial charge < -0.3 is 58.3 Å². The highest BCUT2D eigenvalue weighted by atomic mass is 127. The Labute approximate surface area is 433 Å². The van der Waals surface area contributed by atoms with E-state index in [-0.39, 0.29) is 48.6 Å². The summed E-state index contributed by atoms with van der Waals surface area (Å²) in [5.74, 6) is -3.22. The first-order valence-corrected chi connectivity index (χ1v) is 27.4. The Kier molecular flexibility index (Phi) is 16.2. The van der Waals surface area contributed by atoms with Crippen molar-refractivity contribution in [1.29, 1.82) is 0 Å². The number of nitrogens with zero attached hydrogens (tertiary/aromatic N) is 2. The van der Waals surface area contributed by atoms with Crippen molar-refractivity contribution in [3.8, 4) is 0 Å². The first kappa shape index (κ1) is 51.7. The van der Waals surface area contributed by atoms with Crippen LogP contribution in [0.5, 0.6) is 0 Å². The van der Waals surface area contributed by atoms with E-state index in [4.69, 9.17) is 37.9 Å². The van der Waals surface area contributed by atoms with E-state index < -0.39 is 72.0 Å². The number of ether oxygens (including phenoxy) is 8. The highest BCUT2D eigenvalue weighted by molar-refractivity contribution is 14.1. The van der Waals surface area contributed by atoms with Gasteiger partial charge in [-0.05, 0) is 172 Å². The predicted molar refractivity (Wildman–Crippen MR) is 273 cm³/mol. The molecular formula is C46H68I4N2O12. The molecule has 0 spiro atoms. The van der Waals surface area contributed by atoms with Crippen molar-refractivity contribution in [2.45, 2.75) is 227 Å². The minimum Gasteiger partial charge on any atom is -0.388 e. The quantitative estimate of drug-likeness (QED) is 0.0977. The van der Waals surface area contributed by atoms with E-state index in [1.165, 1.54) is 0 Å². The zero-order valence-electron chi connectivity index (χ0n) is 38.1. The van der Waals surface area contributed by atoms with Gasteiger partial charge in [0.1, 0.15) is 73.2 Å². The molecule has 4 fully saturated rings. The summed E-state index contributed by atoms with van der Waals surface area (Å²) in [5, 5.41) is 47.5. The van der Waals surface area contributed by atoms with E-state index in [1.807, 2.05) is 55.4 Å². The molecule has 4 aliphatic heterocycles. The van der Waals surface area contributed by atoms with Crippen LogP contribution in [0.2, 0.25) is 0 Å². The molecule has 14 nitrogen and oxygen atoms in total. The predicted octanol–water partition coefficient (Wildman–Crippen LogP) is 7.04. The molecule has 4 aliphatic carbocycles. The van der Waals surface area contributed by atoms with Crippen LogP contribution in [0.25, 0.3) is 0 Å². The molecule has 0 radical (unpaired) electrons. The van der Waals surface area contributed by atoms with Crippen LogP contribution in [0.15, 0.2) is 38.6 Å². The normalized spacial score (nSPS) is 42.7. The molecule has 0 aromatic heterocycles. The molecular weight excluding hydrogens is 1280 g/mol. The van der Waals surface area contributed by atoms with E-state index in [0.29, 0.717) is 13.1 Å². The molecule has 64 heavy (non-hydrogen) atoms. The second kappa shape index (κ2) is 20.1. The number of aliphatic hydroxyl groups excluding tert-OH is 4. The van der Waals surface area contributed by atoms with E-state index >= 15 is 0 Å². The molecule has 0 aromatic carbocycles. The van der Waals surface area contributed by atoms with Gasteiger partial charge in [0, 0.05) is 14.3 Å². The fourth-order valence-electron chi connectivity index (χ4n) is 11.0. The van der Waals surface area contributed by atoms with E-state index in [2.05, 4.69) is 124 Å². The fourth-order valence-corrected chi connectivity index (χ4v) is 14.4. The van der Waals surface area contributed by atoms with Crippen molar-refractivity contribution in [1.82, 2.24) is 9.80 Å². The van der Waals surface area contributed by atoms with Gasteiger partial charge in [-0.15, -0.1) is 0 Å². The Hall–Kier alpha value is 1.32. The molecule has 362 valence electrons. The molecule has 16 atom stereocenters. The van der Waals surface area contributed by atoms with Gasteiger partial charge in [-0.3, -0.25) is 9.80 Å². The minimum atomic E-state index is -0.848. The molecule has 0 saturated carbocycles. The molecule has 4 heterocycles. The molecule has 4 N–H and O–H groups in total. The van der Waals surface area contributed by atoms with Gasteiger partial charge in [0.05, 0.1) is 24.2 Å². The van der Waals surface area contributed by atoms with Crippen LogP contribution in [0.3, 0.4) is 0 Å². The summed E-state index contributed by atoms with van der Waals surface area (Å²) in [6.45, 7) is 16.4. The molecule has 8 rings (SSSR count). The highest BCUT2D eigenvalue weighted by Crippen LogP contribution is 2.47. The number of halogens is 4. The third-order valence-corrected chi connectivity index (χ3v) is 17.7. The van der Waals surface area contributed by atoms with Gasteiger partial charge in [-0.25, -0.2) is 0 Å². The summed E-state index contributed by atoms with van der Waals surface area (Å²) >= 11 is 9.26. The van der Waals surface area contributed by atoms with Gasteiger partial charge in [-0.1, -0.05) is 62.8 Å². The lowest BCUT2D eigenvalue weighted by Gasteiger charge is -2.46. The molecule has 0 unspecified atom stereocenters. The Balaban J connectivity index is 0.870. The van der Waals surface area contributed by atoms with Gasteiger partial charge in [0.25, 0.3) is 0 Å². The van der Waals surface area contributed by atoms with Crippen LogP contribution in [-0.2, 0) is 37.9 Å². The fraction of sp³-hybridized carbons (Fsp3) is 0.826. The molecule has 8 aliphatic rings. The van der Waals surface area contributed by atoms with Crippen LogP contribution in [-0.4, -0.2) is 164 Å². The number of unbranched alkanes of at least 4 members (excludes halogenated alkanes) is 7. The zero-order chi connectivity index (χ0) is 46.3. The molecule has 0 bridgehead atoms. The maximum absolute atomic E-state index is 11.9. The average Bonchev–Trinajstić information content (AvgIpc) is 3.94. The lowest BCUT2D eigenvalue weighted by Crippen LogP contribution is -2.61.